The van der Waals surface area contributed by atoms with Gasteiger partial charge in [0, 0.05) is 25.4 Å². The summed E-state index contributed by atoms with van der Waals surface area (Å²) in [5.41, 5.74) is 6.38. The number of unbranched alkanes of at least 4 members (excludes halogenated alkanes) is 1. The van der Waals surface area contributed by atoms with Gasteiger partial charge in [-0.2, -0.15) is 0 Å². The normalized spacial score (nSPS) is 12.8. The fraction of sp³-hybridized carbons (Fsp3) is 0.667. The van der Waals surface area contributed by atoms with E-state index in [0.717, 1.165) is 63.8 Å². The van der Waals surface area contributed by atoms with E-state index in [9.17, 15) is 14.7 Å². The molecule has 0 aliphatic heterocycles. The summed E-state index contributed by atoms with van der Waals surface area (Å²) in [6.45, 7) is 8.24. The van der Waals surface area contributed by atoms with Crippen LogP contribution in [0.5, 0.6) is 5.75 Å². The van der Waals surface area contributed by atoms with E-state index in [1.807, 2.05) is 6.92 Å². The summed E-state index contributed by atoms with van der Waals surface area (Å²) >= 11 is 0. The maximum absolute atomic E-state index is 12.7. The van der Waals surface area contributed by atoms with Gasteiger partial charge >= 0.3 is 0 Å². The molecule has 182 valence electrons. The SMILES string of the molecule is CCCC(=O)NC(Cc1ccc(O)cc1)C(=O)NCCCCNCCC(C)NCCCN. The van der Waals surface area contributed by atoms with E-state index in [2.05, 4.69) is 28.2 Å². The van der Waals surface area contributed by atoms with Crippen LogP contribution < -0.4 is 27.0 Å². The molecule has 0 aliphatic carbocycles. The number of benzene rings is 1. The highest BCUT2D eigenvalue weighted by Crippen LogP contribution is 2.11. The van der Waals surface area contributed by atoms with Crippen LogP contribution in [0.2, 0.25) is 0 Å². The monoisotopic (exact) mass is 449 g/mol. The number of phenolic OH excluding ortho intramolecular Hbond substituents is 1. The van der Waals surface area contributed by atoms with Gasteiger partial charge in [0.05, 0.1) is 0 Å². The average Bonchev–Trinajstić information content (AvgIpc) is 2.76. The standard InChI is InChI=1S/C24H43N5O3/c1-3-7-23(31)29-22(18-20-8-10-21(30)11-9-20)24(32)28-15-5-4-14-26-17-12-19(2)27-16-6-13-25/h8-11,19,22,26-27,30H,3-7,12-18,25H2,1-2H3,(H,28,32)(H,29,31). The Hall–Kier alpha value is -2.16. The number of carbonyl (C=O) groups excluding carboxylic acids is 2. The van der Waals surface area contributed by atoms with Crippen LogP contribution in [0.15, 0.2) is 24.3 Å². The molecular weight excluding hydrogens is 406 g/mol. The third-order valence-electron chi connectivity index (χ3n) is 5.21. The molecule has 1 aromatic carbocycles. The molecule has 0 spiro atoms. The summed E-state index contributed by atoms with van der Waals surface area (Å²) in [6.07, 6.45) is 5.43. The van der Waals surface area contributed by atoms with E-state index in [1.165, 1.54) is 0 Å². The number of nitrogens with one attached hydrogen (secondary N) is 4. The molecule has 7 N–H and O–H groups in total. The van der Waals surface area contributed by atoms with Crippen LogP contribution >= 0.6 is 0 Å². The van der Waals surface area contributed by atoms with Gasteiger partial charge in [0.15, 0.2) is 0 Å². The van der Waals surface area contributed by atoms with Crippen LogP contribution in [-0.4, -0.2) is 61.7 Å². The van der Waals surface area contributed by atoms with E-state index in [0.29, 0.717) is 25.4 Å². The van der Waals surface area contributed by atoms with Crippen molar-refractivity contribution in [2.24, 2.45) is 5.73 Å². The summed E-state index contributed by atoms with van der Waals surface area (Å²) in [5, 5.41) is 22.1. The van der Waals surface area contributed by atoms with E-state index in [4.69, 9.17) is 5.73 Å². The zero-order valence-corrected chi connectivity index (χ0v) is 19.8. The molecule has 0 saturated carbocycles. The van der Waals surface area contributed by atoms with Gasteiger partial charge in [-0.05, 0) is 82.9 Å². The van der Waals surface area contributed by atoms with E-state index >= 15 is 0 Å². The van der Waals surface area contributed by atoms with Gasteiger partial charge in [0.2, 0.25) is 11.8 Å². The minimum absolute atomic E-state index is 0.123. The highest BCUT2D eigenvalue weighted by atomic mass is 16.3. The van der Waals surface area contributed by atoms with Gasteiger partial charge in [0.1, 0.15) is 11.8 Å². The van der Waals surface area contributed by atoms with Crippen molar-refractivity contribution < 1.29 is 14.7 Å². The molecule has 0 saturated heterocycles. The van der Waals surface area contributed by atoms with Crippen molar-refractivity contribution in [3.8, 4) is 5.75 Å². The first-order valence-electron chi connectivity index (χ1n) is 11.9. The molecule has 2 amide bonds. The topological polar surface area (TPSA) is 129 Å². The molecule has 0 radical (unpaired) electrons. The first kappa shape index (κ1) is 27.9. The van der Waals surface area contributed by atoms with Gasteiger partial charge in [-0.15, -0.1) is 0 Å². The summed E-state index contributed by atoms with van der Waals surface area (Å²) in [6, 6.07) is 6.56. The molecule has 0 bridgehead atoms. The number of carbonyl (C=O) groups is 2. The third-order valence-corrected chi connectivity index (χ3v) is 5.21. The van der Waals surface area contributed by atoms with Crippen molar-refractivity contribution in [3.63, 3.8) is 0 Å². The molecule has 0 fully saturated rings. The molecule has 0 aliphatic rings. The Morgan fingerprint density at radius 3 is 2.44 bits per heavy atom. The lowest BCUT2D eigenvalue weighted by Crippen LogP contribution is -2.48. The molecule has 0 aromatic heterocycles. The van der Waals surface area contributed by atoms with Crippen LogP contribution in [0.25, 0.3) is 0 Å². The number of hydrogen-bond donors (Lipinski definition) is 6. The number of phenols is 1. The van der Waals surface area contributed by atoms with E-state index in [-0.39, 0.29) is 17.6 Å². The fourth-order valence-electron chi connectivity index (χ4n) is 3.28. The molecule has 0 heterocycles. The number of hydrogen-bond acceptors (Lipinski definition) is 6. The Bertz CT molecular complexity index is 639. The van der Waals surface area contributed by atoms with Crippen molar-refractivity contribution >= 4 is 11.8 Å². The van der Waals surface area contributed by atoms with Crippen molar-refractivity contribution in [1.82, 2.24) is 21.3 Å². The van der Waals surface area contributed by atoms with Crippen molar-refractivity contribution in [2.45, 2.75) is 70.9 Å². The summed E-state index contributed by atoms with van der Waals surface area (Å²) in [5.74, 6) is -0.120. The Morgan fingerprint density at radius 2 is 1.75 bits per heavy atom. The van der Waals surface area contributed by atoms with Gasteiger partial charge in [-0.25, -0.2) is 0 Å². The average molecular weight is 450 g/mol. The second-order valence-electron chi connectivity index (χ2n) is 8.27. The lowest BCUT2D eigenvalue weighted by atomic mass is 10.0. The zero-order chi connectivity index (χ0) is 23.6. The molecule has 32 heavy (non-hydrogen) atoms. The molecule has 8 nitrogen and oxygen atoms in total. The molecular formula is C24H43N5O3. The van der Waals surface area contributed by atoms with E-state index in [1.54, 1.807) is 24.3 Å². The summed E-state index contributed by atoms with van der Waals surface area (Å²) in [4.78, 5) is 24.7. The van der Waals surface area contributed by atoms with Crippen molar-refractivity contribution in [3.05, 3.63) is 29.8 Å². The maximum Gasteiger partial charge on any atom is 0.242 e. The summed E-state index contributed by atoms with van der Waals surface area (Å²) < 4.78 is 0. The minimum atomic E-state index is -0.620. The number of amides is 2. The van der Waals surface area contributed by atoms with Gasteiger partial charge in [-0.1, -0.05) is 19.1 Å². The predicted octanol–water partition coefficient (Wildman–Crippen LogP) is 1.42. The Morgan fingerprint density at radius 1 is 1.03 bits per heavy atom. The van der Waals surface area contributed by atoms with Crippen molar-refractivity contribution in [1.29, 1.82) is 0 Å². The number of rotatable bonds is 18. The fourth-order valence-corrected chi connectivity index (χ4v) is 3.28. The van der Waals surface area contributed by atoms with Gasteiger partial charge in [-0.3, -0.25) is 9.59 Å². The third kappa shape index (κ3) is 13.3. The number of aromatic hydroxyl groups is 1. The first-order valence-corrected chi connectivity index (χ1v) is 11.9. The lowest BCUT2D eigenvalue weighted by Gasteiger charge is -2.19. The Labute approximate surface area is 193 Å². The molecule has 8 heteroatoms. The Balaban J connectivity index is 2.28. The van der Waals surface area contributed by atoms with Crippen LogP contribution in [-0.2, 0) is 16.0 Å². The highest BCUT2D eigenvalue weighted by Gasteiger charge is 2.20. The van der Waals surface area contributed by atoms with Crippen LogP contribution in [0.1, 0.15) is 57.9 Å². The molecule has 1 rings (SSSR count). The van der Waals surface area contributed by atoms with Crippen molar-refractivity contribution in [2.75, 3.05) is 32.7 Å². The molecule has 2 unspecified atom stereocenters. The van der Waals surface area contributed by atoms with Crippen LogP contribution in [0.3, 0.4) is 0 Å². The Kier molecular flexibility index (Phi) is 15.2. The predicted molar refractivity (Wildman–Crippen MR) is 130 cm³/mol. The quantitative estimate of drug-likeness (QED) is 0.188. The van der Waals surface area contributed by atoms with Gasteiger partial charge < -0.3 is 32.1 Å². The molecule has 1 aromatic rings. The minimum Gasteiger partial charge on any atom is -0.508 e. The largest absolute Gasteiger partial charge is 0.508 e. The lowest BCUT2D eigenvalue weighted by molar-refractivity contribution is -0.129. The maximum atomic E-state index is 12.7. The first-order chi connectivity index (χ1) is 15.5. The zero-order valence-electron chi connectivity index (χ0n) is 19.8. The van der Waals surface area contributed by atoms with Gasteiger partial charge in [0.25, 0.3) is 0 Å². The summed E-state index contributed by atoms with van der Waals surface area (Å²) in [7, 11) is 0. The van der Waals surface area contributed by atoms with Crippen LogP contribution in [0.4, 0.5) is 0 Å². The van der Waals surface area contributed by atoms with E-state index < -0.39 is 6.04 Å². The smallest absolute Gasteiger partial charge is 0.242 e. The second-order valence-corrected chi connectivity index (χ2v) is 8.27. The molecule has 2 atom stereocenters. The number of nitrogens with two attached hydrogens (primary N) is 1. The second kappa shape index (κ2) is 17.4. The van der Waals surface area contributed by atoms with Crippen LogP contribution in [0, 0.1) is 0 Å². The highest BCUT2D eigenvalue weighted by molar-refractivity contribution is 5.87.